The minimum absolute atomic E-state index is 0.0466. The number of allylic oxidation sites excluding steroid dienone is 1. The molecule has 0 bridgehead atoms. The second-order valence-electron chi connectivity index (χ2n) is 9.87. The molecule has 1 aliphatic rings. The molecule has 4 N–H and O–H groups in total. The summed E-state index contributed by atoms with van der Waals surface area (Å²) in [7, 11) is 0. The van der Waals surface area contributed by atoms with Crippen LogP contribution in [0.15, 0.2) is 41.4 Å². The summed E-state index contributed by atoms with van der Waals surface area (Å²) >= 11 is 0. The lowest BCUT2D eigenvalue weighted by atomic mass is 9.87. The van der Waals surface area contributed by atoms with Crippen LogP contribution in [-0.2, 0) is 19.2 Å². The third-order valence-corrected chi connectivity index (χ3v) is 6.75. The number of aliphatic imine (C=N–C) groups is 1. The molecule has 0 radical (unpaired) electrons. The van der Waals surface area contributed by atoms with Crippen molar-refractivity contribution >= 4 is 35.3 Å². The summed E-state index contributed by atoms with van der Waals surface area (Å²) in [5.41, 5.74) is 11.5. The third kappa shape index (κ3) is 9.55. The molecule has 1 saturated heterocycles. The average Bonchev–Trinajstić information content (AvgIpc) is 3.37. The predicted molar refractivity (Wildman–Crippen MR) is 142 cm³/mol. The second-order valence-corrected chi connectivity index (χ2v) is 9.87. The molecule has 202 valence electrons. The number of guanidine groups is 1. The van der Waals surface area contributed by atoms with Crippen molar-refractivity contribution in [3.05, 3.63) is 42.0 Å². The van der Waals surface area contributed by atoms with Gasteiger partial charge in [0.1, 0.15) is 6.67 Å². The first-order valence-electron chi connectivity index (χ1n) is 12.9. The summed E-state index contributed by atoms with van der Waals surface area (Å²) in [6.45, 7) is 3.32. The highest BCUT2D eigenvalue weighted by Gasteiger charge is 2.39. The summed E-state index contributed by atoms with van der Waals surface area (Å²) in [5, 5.41) is 0. The Morgan fingerprint density at radius 1 is 1.14 bits per heavy atom. The highest BCUT2D eigenvalue weighted by Crippen LogP contribution is 2.28. The molecule has 1 amide bonds. The zero-order valence-corrected chi connectivity index (χ0v) is 21.8. The summed E-state index contributed by atoms with van der Waals surface area (Å²) in [6, 6.07) is 8.75. The van der Waals surface area contributed by atoms with E-state index in [2.05, 4.69) is 4.99 Å². The Kier molecular flexibility index (Phi) is 12.1. The minimum atomic E-state index is -1.15. The van der Waals surface area contributed by atoms with Crippen LogP contribution in [0.4, 0.5) is 4.39 Å². The van der Waals surface area contributed by atoms with Crippen LogP contribution in [0.1, 0.15) is 57.9 Å². The molecule has 1 aromatic rings. The molecule has 0 spiro atoms. The van der Waals surface area contributed by atoms with E-state index in [1.165, 1.54) is 6.08 Å². The Bertz CT molecular complexity index is 989. The number of Topliss-reactive ketones (excluding diaryl/α,β-unsaturated/α-hetero) is 2. The van der Waals surface area contributed by atoms with Gasteiger partial charge in [-0.3, -0.25) is 24.2 Å². The standard InChI is InChI=1S/C28H39FN4O4/c1-19(2)23(17-22(34)13-12-20-8-4-3-5-9-20)27(37)33-15-7-11-24(33)25(35)16-21(26(36)18-29)10-6-14-32-28(30)31/h3-5,8-9,12-13,19,21,23-24H,6-7,10-11,14-18H2,1-2H3,(H4,30,31,32)/b13-12+/t21-,23+,24+/m1/s1. The lowest BCUT2D eigenvalue weighted by Gasteiger charge is -2.30. The maximum absolute atomic E-state index is 13.5. The molecule has 0 unspecified atom stereocenters. The van der Waals surface area contributed by atoms with Crippen molar-refractivity contribution in [2.75, 3.05) is 19.8 Å². The molecule has 1 aliphatic heterocycles. The van der Waals surface area contributed by atoms with E-state index in [1.807, 2.05) is 44.2 Å². The Morgan fingerprint density at radius 3 is 2.46 bits per heavy atom. The van der Waals surface area contributed by atoms with Crippen LogP contribution >= 0.6 is 0 Å². The molecule has 8 nitrogen and oxygen atoms in total. The molecule has 0 aliphatic carbocycles. The molecule has 1 fully saturated rings. The largest absolute Gasteiger partial charge is 0.370 e. The van der Waals surface area contributed by atoms with Crippen molar-refractivity contribution in [1.29, 1.82) is 0 Å². The maximum Gasteiger partial charge on any atom is 0.227 e. The van der Waals surface area contributed by atoms with Crippen LogP contribution < -0.4 is 11.5 Å². The summed E-state index contributed by atoms with van der Waals surface area (Å²) in [5.74, 6) is -2.80. The predicted octanol–water partition coefficient (Wildman–Crippen LogP) is 3.09. The highest BCUT2D eigenvalue weighted by molar-refractivity contribution is 5.98. The van der Waals surface area contributed by atoms with Gasteiger partial charge < -0.3 is 16.4 Å². The highest BCUT2D eigenvalue weighted by atomic mass is 19.1. The second kappa shape index (κ2) is 15.0. The zero-order chi connectivity index (χ0) is 27.4. The Hall–Kier alpha value is -3.36. The number of rotatable bonds is 15. The van der Waals surface area contributed by atoms with Gasteiger partial charge in [-0.15, -0.1) is 0 Å². The van der Waals surface area contributed by atoms with Crippen molar-refractivity contribution in [2.24, 2.45) is 34.2 Å². The first-order chi connectivity index (χ1) is 17.6. The summed E-state index contributed by atoms with van der Waals surface area (Å²) < 4.78 is 13.2. The van der Waals surface area contributed by atoms with Gasteiger partial charge in [-0.1, -0.05) is 50.3 Å². The summed E-state index contributed by atoms with van der Waals surface area (Å²) in [4.78, 5) is 56.9. The molecule has 2 rings (SSSR count). The van der Waals surface area contributed by atoms with Crippen LogP contribution in [0.5, 0.6) is 0 Å². The van der Waals surface area contributed by atoms with Crippen molar-refractivity contribution < 1.29 is 23.6 Å². The molecule has 9 heteroatoms. The van der Waals surface area contributed by atoms with Crippen molar-refractivity contribution in [3.8, 4) is 0 Å². The maximum atomic E-state index is 13.5. The van der Waals surface area contributed by atoms with Crippen molar-refractivity contribution in [1.82, 2.24) is 4.90 Å². The molecule has 0 aromatic heterocycles. The lowest BCUT2D eigenvalue weighted by Crippen LogP contribution is -2.45. The van der Waals surface area contributed by atoms with Crippen LogP contribution in [0.2, 0.25) is 0 Å². The number of halogens is 1. The number of carbonyl (C=O) groups is 4. The number of carbonyl (C=O) groups excluding carboxylic acids is 4. The number of hydrogen-bond acceptors (Lipinski definition) is 5. The van der Waals surface area contributed by atoms with Crippen LogP contribution in [0, 0.1) is 17.8 Å². The molecule has 3 atom stereocenters. The van der Waals surface area contributed by atoms with Crippen molar-refractivity contribution in [3.63, 3.8) is 0 Å². The first kappa shape index (κ1) is 29.9. The molecular formula is C28H39FN4O4. The zero-order valence-electron chi connectivity index (χ0n) is 21.8. The van der Waals surface area contributed by atoms with Gasteiger partial charge in [-0.2, -0.15) is 0 Å². The minimum Gasteiger partial charge on any atom is -0.370 e. The number of nitrogens with zero attached hydrogens (tertiary/aromatic N) is 2. The van der Waals surface area contributed by atoms with E-state index in [1.54, 1.807) is 11.0 Å². The van der Waals surface area contributed by atoms with Gasteiger partial charge in [-0.25, -0.2) is 4.39 Å². The van der Waals surface area contributed by atoms with Gasteiger partial charge in [0.15, 0.2) is 23.3 Å². The number of likely N-dealkylation sites (tertiary alicyclic amines) is 1. The molecular weight excluding hydrogens is 475 g/mol. The normalized spacial score (nSPS) is 17.1. The van der Waals surface area contributed by atoms with Crippen LogP contribution in [-0.4, -0.2) is 59.9 Å². The SMILES string of the molecule is CC(C)[C@H](CC(=O)/C=C/c1ccccc1)C(=O)N1CCC[C@H]1C(=O)C[C@@H](CCCN=C(N)N)C(=O)CF. The van der Waals surface area contributed by atoms with E-state index in [4.69, 9.17) is 11.5 Å². The number of benzene rings is 1. The third-order valence-electron chi connectivity index (χ3n) is 6.75. The fraction of sp³-hybridized carbons (Fsp3) is 0.536. The van der Waals surface area contributed by atoms with Crippen LogP contribution in [0.3, 0.4) is 0 Å². The van der Waals surface area contributed by atoms with Gasteiger partial charge >= 0.3 is 0 Å². The fourth-order valence-electron chi connectivity index (χ4n) is 4.64. The van der Waals surface area contributed by atoms with Gasteiger partial charge in [0.25, 0.3) is 0 Å². The van der Waals surface area contributed by atoms with Gasteiger partial charge in [0, 0.05) is 37.8 Å². The van der Waals surface area contributed by atoms with Gasteiger partial charge in [0.05, 0.1) is 6.04 Å². The number of alkyl halides is 1. The lowest BCUT2D eigenvalue weighted by molar-refractivity contribution is -0.143. The number of nitrogens with two attached hydrogens (primary N) is 2. The molecule has 0 saturated carbocycles. The average molecular weight is 515 g/mol. The van der Waals surface area contributed by atoms with Gasteiger partial charge in [-0.05, 0) is 43.2 Å². The van der Waals surface area contributed by atoms with E-state index in [0.29, 0.717) is 25.8 Å². The number of ketones is 3. The molecule has 1 aromatic carbocycles. The first-order valence-corrected chi connectivity index (χ1v) is 12.9. The van der Waals surface area contributed by atoms with E-state index < -0.39 is 30.3 Å². The quantitative estimate of drug-likeness (QED) is 0.160. The Balaban J connectivity index is 2.05. The Labute approximate surface area is 218 Å². The van der Waals surface area contributed by atoms with Crippen molar-refractivity contribution in [2.45, 2.75) is 58.4 Å². The molecule has 1 heterocycles. The van der Waals surface area contributed by atoms with E-state index in [-0.39, 0.29) is 55.2 Å². The van der Waals surface area contributed by atoms with E-state index in [0.717, 1.165) is 5.56 Å². The fourth-order valence-corrected chi connectivity index (χ4v) is 4.64. The van der Waals surface area contributed by atoms with Gasteiger partial charge in [0.2, 0.25) is 5.91 Å². The summed E-state index contributed by atoms with van der Waals surface area (Å²) in [6.07, 6.45) is 4.98. The van der Waals surface area contributed by atoms with E-state index in [9.17, 15) is 23.6 Å². The number of hydrogen-bond donors (Lipinski definition) is 2. The van der Waals surface area contributed by atoms with E-state index >= 15 is 0 Å². The topological polar surface area (TPSA) is 136 Å². The monoisotopic (exact) mass is 514 g/mol. The molecule has 37 heavy (non-hydrogen) atoms. The smallest absolute Gasteiger partial charge is 0.227 e. The number of amides is 1. The Morgan fingerprint density at radius 2 is 1.84 bits per heavy atom. The van der Waals surface area contributed by atoms with Crippen LogP contribution in [0.25, 0.3) is 6.08 Å².